The van der Waals surface area contributed by atoms with Gasteiger partial charge in [0.25, 0.3) is 8.32 Å². The Balaban J connectivity index is 2.55. The summed E-state index contributed by atoms with van der Waals surface area (Å²) in [6.07, 6.45) is 4.66. The van der Waals surface area contributed by atoms with Crippen molar-refractivity contribution in [3.63, 3.8) is 0 Å². The first-order valence-corrected chi connectivity index (χ1v) is 10.9. The normalized spacial score (nSPS) is 14.0. The zero-order valence-corrected chi connectivity index (χ0v) is 16.8. The van der Waals surface area contributed by atoms with E-state index in [0.29, 0.717) is 0 Å². The molecule has 0 aliphatic rings. The van der Waals surface area contributed by atoms with Gasteiger partial charge in [-0.25, -0.2) is 0 Å². The molecule has 0 aromatic heterocycles. The largest absolute Gasteiger partial charge is 0.404 e. The molecule has 0 bridgehead atoms. The Labute approximate surface area is 153 Å². The highest BCUT2D eigenvalue weighted by molar-refractivity contribution is 6.99. The van der Waals surface area contributed by atoms with Crippen LogP contribution >= 0.6 is 0 Å². The van der Waals surface area contributed by atoms with E-state index in [4.69, 9.17) is 9.53 Å². The van der Waals surface area contributed by atoms with Gasteiger partial charge in [0.05, 0.1) is 6.61 Å². The Bertz CT molecular complexity index is 620. The molecule has 0 saturated carbocycles. The van der Waals surface area contributed by atoms with Gasteiger partial charge in [0.1, 0.15) is 0 Å². The van der Waals surface area contributed by atoms with Gasteiger partial charge in [-0.2, -0.15) is 0 Å². The highest BCUT2D eigenvalue weighted by Gasteiger charge is 2.50. The van der Waals surface area contributed by atoms with Gasteiger partial charge in [0.2, 0.25) is 0 Å². The molecule has 1 atom stereocenters. The van der Waals surface area contributed by atoms with Gasteiger partial charge in [0, 0.05) is 6.10 Å². The summed E-state index contributed by atoms with van der Waals surface area (Å²) in [5.74, 6) is 0. The maximum atomic E-state index is 8.98. The molecular formula is C22H30O2Si. The third-order valence-electron chi connectivity index (χ3n) is 4.53. The second-order valence-electron chi connectivity index (χ2n) is 7.48. The molecule has 2 nitrogen and oxygen atoms in total. The molecule has 0 unspecified atom stereocenters. The minimum absolute atomic E-state index is 0.00927. The van der Waals surface area contributed by atoms with E-state index in [1.807, 2.05) is 6.08 Å². The first-order valence-electron chi connectivity index (χ1n) is 8.96. The SMILES string of the molecule is C[C@H](C/C=C\CO)O[Si](c1ccccc1)(c1ccccc1)C(C)(C)C. The number of aliphatic hydroxyl groups excluding tert-OH is 1. The van der Waals surface area contributed by atoms with Crippen LogP contribution in [0.2, 0.25) is 5.04 Å². The maximum absolute atomic E-state index is 8.98. The van der Waals surface area contributed by atoms with E-state index in [1.54, 1.807) is 6.08 Å². The standard InChI is InChI=1S/C22H30O2Si/c1-19(13-11-12-18-23)24-25(22(2,3)4,20-14-7-5-8-15-20)21-16-9-6-10-17-21/h5-12,14-17,19,23H,13,18H2,1-4H3/b12-11-/t19-/m1/s1. The van der Waals surface area contributed by atoms with Crippen LogP contribution in [0.15, 0.2) is 72.8 Å². The zero-order chi connectivity index (χ0) is 18.3. The average Bonchev–Trinajstić information content (AvgIpc) is 2.60. The van der Waals surface area contributed by atoms with Gasteiger partial charge in [0.15, 0.2) is 0 Å². The Morgan fingerprint density at radius 2 is 1.40 bits per heavy atom. The summed E-state index contributed by atoms with van der Waals surface area (Å²) in [6.45, 7) is 9.06. The number of hydrogen-bond donors (Lipinski definition) is 1. The summed E-state index contributed by atoms with van der Waals surface area (Å²) < 4.78 is 6.93. The lowest BCUT2D eigenvalue weighted by Crippen LogP contribution is -2.67. The molecule has 2 aromatic rings. The van der Waals surface area contributed by atoms with Crippen molar-refractivity contribution >= 4 is 18.7 Å². The van der Waals surface area contributed by atoms with Crippen molar-refractivity contribution in [3.8, 4) is 0 Å². The second-order valence-corrected chi connectivity index (χ2v) is 11.7. The first-order chi connectivity index (χ1) is 11.9. The molecule has 0 fully saturated rings. The fraction of sp³-hybridized carbons (Fsp3) is 0.364. The molecular weight excluding hydrogens is 324 g/mol. The third-order valence-corrected chi connectivity index (χ3v) is 9.70. The van der Waals surface area contributed by atoms with E-state index >= 15 is 0 Å². The summed E-state index contributed by atoms with van der Waals surface area (Å²) in [5.41, 5.74) is 0. The number of benzene rings is 2. The average molecular weight is 355 g/mol. The van der Waals surface area contributed by atoms with E-state index < -0.39 is 8.32 Å². The molecule has 2 rings (SSSR count). The number of rotatable bonds is 7. The van der Waals surface area contributed by atoms with Crippen LogP contribution < -0.4 is 10.4 Å². The first kappa shape index (κ1) is 19.6. The van der Waals surface area contributed by atoms with E-state index in [0.717, 1.165) is 6.42 Å². The highest BCUT2D eigenvalue weighted by atomic mass is 28.4. The Hall–Kier alpha value is -1.68. The molecule has 25 heavy (non-hydrogen) atoms. The van der Waals surface area contributed by atoms with Crippen LogP contribution in [0.4, 0.5) is 0 Å². The van der Waals surface area contributed by atoms with E-state index in [2.05, 4.69) is 88.4 Å². The van der Waals surface area contributed by atoms with Crippen molar-refractivity contribution in [1.29, 1.82) is 0 Å². The summed E-state index contributed by atoms with van der Waals surface area (Å²) in [7, 11) is -2.47. The summed E-state index contributed by atoms with van der Waals surface area (Å²) >= 11 is 0. The van der Waals surface area contributed by atoms with Crippen LogP contribution in [0.3, 0.4) is 0 Å². The van der Waals surface area contributed by atoms with Crippen LogP contribution in [0.1, 0.15) is 34.1 Å². The second kappa shape index (κ2) is 8.61. The monoisotopic (exact) mass is 354 g/mol. The Morgan fingerprint density at radius 3 is 1.80 bits per heavy atom. The van der Waals surface area contributed by atoms with Crippen molar-refractivity contribution in [2.24, 2.45) is 0 Å². The van der Waals surface area contributed by atoms with Crippen molar-refractivity contribution in [3.05, 3.63) is 72.8 Å². The van der Waals surface area contributed by atoms with E-state index in [9.17, 15) is 0 Å². The van der Waals surface area contributed by atoms with Crippen molar-refractivity contribution in [1.82, 2.24) is 0 Å². The van der Waals surface area contributed by atoms with Gasteiger partial charge in [-0.05, 0) is 28.8 Å². The lowest BCUT2D eigenvalue weighted by atomic mass is 10.2. The topological polar surface area (TPSA) is 29.5 Å². The molecule has 3 heteroatoms. The molecule has 2 aromatic carbocycles. The van der Waals surface area contributed by atoms with Crippen LogP contribution in [0.25, 0.3) is 0 Å². The predicted octanol–water partition coefficient (Wildman–Crippen LogP) is 3.89. The van der Waals surface area contributed by atoms with E-state index in [-0.39, 0.29) is 17.7 Å². The molecule has 1 N–H and O–H groups in total. The van der Waals surface area contributed by atoms with Gasteiger partial charge >= 0.3 is 0 Å². The maximum Gasteiger partial charge on any atom is 0.261 e. The minimum Gasteiger partial charge on any atom is -0.404 e. The third kappa shape index (κ3) is 4.49. The van der Waals surface area contributed by atoms with E-state index in [1.165, 1.54) is 10.4 Å². The van der Waals surface area contributed by atoms with Crippen LogP contribution in [0, 0.1) is 0 Å². The number of hydrogen-bond acceptors (Lipinski definition) is 2. The molecule has 0 amide bonds. The van der Waals surface area contributed by atoms with Gasteiger partial charge in [-0.3, -0.25) is 0 Å². The molecule has 0 radical (unpaired) electrons. The van der Waals surface area contributed by atoms with Crippen LogP contribution in [-0.2, 0) is 4.43 Å². The summed E-state index contributed by atoms with van der Waals surface area (Å²) in [4.78, 5) is 0. The van der Waals surface area contributed by atoms with Crippen LogP contribution in [0.5, 0.6) is 0 Å². The van der Waals surface area contributed by atoms with Gasteiger partial charge in [-0.15, -0.1) is 0 Å². The smallest absolute Gasteiger partial charge is 0.261 e. The molecule has 0 spiro atoms. The molecule has 0 aliphatic heterocycles. The number of aliphatic hydroxyl groups is 1. The van der Waals surface area contributed by atoms with Crippen LogP contribution in [-0.4, -0.2) is 26.1 Å². The van der Waals surface area contributed by atoms with Gasteiger partial charge in [-0.1, -0.05) is 93.6 Å². The zero-order valence-electron chi connectivity index (χ0n) is 15.8. The lowest BCUT2D eigenvalue weighted by Gasteiger charge is -2.44. The fourth-order valence-electron chi connectivity index (χ4n) is 3.40. The quantitative estimate of drug-likeness (QED) is 0.604. The van der Waals surface area contributed by atoms with Crippen molar-refractivity contribution in [2.45, 2.75) is 45.3 Å². The lowest BCUT2D eigenvalue weighted by molar-refractivity contribution is 0.209. The fourth-order valence-corrected chi connectivity index (χ4v) is 8.12. The Morgan fingerprint density at radius 1 is 0.920 bits per heavy atom. The van der Waals surface area contributed by atoms with Crippen molar-refractivity contribution < 1.29 is 9.53 Å². The minimum atomic E-state index is -2.47. The summed E-state index contributed by atoms with van der Waals surface area (Å²) in [5, 5.41) is 11.6. The molecule has 0 heterocycles. The van der Waals surface area contributed by atoms with Gasteiger partial charge < -0.3 is 9.53 Å². The highest BCUT2D eigenvalue weighted by Crippen LogP contribution is 2.37. The van der Waals surface area contributed by atoms with Crippen molar-refractivity contribution in [2.75, 3.05) is 6.61 Å². The molecule has 0 aliphatic carbocycles. The Kier molecular flexibility index (Phi) is 6.76. The molecule has 134 valence electrons. The molecule has 0 saturated heterocycles. The predicted molar refractivity (Wildman–Crippen MR) is 109 cm³/mol. The summed E-state index contributed by atoms with van der Waals surface area (Å²) in [6, 6.07) is 21.4.